The average Bonchev–Trinajstić information content (AvgIpc) is 3.54. The summed E-state index contributed by atoms with van der Waals surface area (Å²) in [5.74, 6) is -3.99. The third-order valence-electron chi connectivity index (χ3n) is 6.41. The second-order valence-corrected chi connectivity index (χ2v) is 9.02. The van der Waals surface area contributed by atoms with E-state index in [-0.39, 0.29) is 24.8 Å². The summed E-state index contributed by atoms with van der Waals surface area (Å²) in [5, 5.41) is 24.9. The molecule has 2 aliphatic rings. The number of benzene rings is 1. The van der Waals surface area contributed by atoms with Gasteiger partial charge < -0.3 is 24.7 Å². The highest BCUT2D eigenvalue weighted by atomic mass is 19.4. The lowest BCUT2D eigenvalue weighted by molar-refractivity contribution is -0.192. The van der Waals surface area contributed by atoms with Crippen molar-refractivity contribution in [1.82, 2.24) is 19.9 Å². The molecule has 2 unspecified atom stereocenters. The van der Waals surface area contributed by atoms with E-state index in [1.165, 1.54) is 16.8 Å². The smallest absolute Gasteiger partial charge is 0.481 e. The lowest BCUT2D eigenvalue weighted by Gasteiger charge is -2.37. The topological polar surface area (TPSA) is 138 Å². The fourth-order valence-electron chi connectivity index (χ4n) is 4.14. The number of rotatable bonds is 6. The van der Waals surface area contributed by atoms with Crippen molar-refractivity contribution < 1.29 is 46.9 Å². The van der Waals surface area contributed by atoms with Gasteiger partial charge in [-0.1, -0.05) is 5.21 Å². The molecule has 2 aromatic rings. The third-order valence-corrected chi connectivity index (χ3v) is 6.41. The Hall–Kier alpha value is -3.75. The molecule has 1 aromatic heterocycles. The number of ether oxygens (including phenoxy) is 1. The molecule has 0 bridgehead atoms. The van der Waals surface area contributed by atoms with Crippen molar-refractivity contribution in [1.29, 1.82) is 0 Å². The molecule has 38 heavy (non-hydrogen) atoms. The Kier molecular flexibility index (Phi) is 8.91. The lowest BCUT2D eigenvalue weighted by Crippen LogP contribution is -2.50. The van der Waals surface area contributed by atoms with Crippen LogP contribution >= 0.6 is 0 Å². The molecule has 0 saturated carbocycles. The Morgan fingerprint density at radius 3 is 2.21 bits per heavy atom. The predicted octanol–water partition coefficient (Wildman–Crippen LogP) is 1.99. The molecule has 208 valence electrons. The van der Waals surface area contributed by atoms with Gasteiger partial charge in [0.2, 0.25) is 5.91 Å². The number of amides is 1. The fourth-order valence-corrected chi connectivity index (χ4v) is 4.14. The standard InChI is InChI=1S/C21H26FN5O4.C2HF3O2/c1-15(27-13-17(23-24-27)12-21(20(29)30)6-11-31-14-21)19(28)26-9-7-25(8-10-26)18-4-2-16(22)3-5-18;3-2(4,5)1(6)7/h2-5,13,15H,6-12,14H2,1H3,(H,29,30);(H,6,7). The molecule has 4 rings (SSSR count). The second-order valence-electron chi connectivity index (χ2n) is 9.02. The van der Waals surface area contributed by atoms with Gasteiger partial charge in [-0.15, -0.1) is 5.10 Å². The Morgan fingerprint density at radius 2 is 1.71 bits per heavy atom. The maximum atomic E-state index is 13.1. The van der Waals surface area contributed by atoms with Crippen LogP contribution in [0, 0.1) is 11.2 Å². The first kappa shape index (κ1) is 28.8. The number of carbonyl (C=O) groups is 3. The minimum atomic E-state index is -5.08. The largest absolute Gasteiger partial charge is 0.490 e. The van der Waals surface area contributed by atoms with Crippen molar-refractivity contribution in [2.45, 2.75) is 32.0 Å². The summed E-state index contributed by atoms with van der Waals surface area (Å²) < 4.78 is 51.7. The van der Waals surface area contributed by atoms with Gasteiger partial charge in [0.15, 0.2) is 0 Å². The van der Waals surface area contributed by atoms with Gasteiger partial charge in [0.1, 0.15) is 11.9 Å². The maximum Gasteiger partial charge on any atom is 0.490 e. The summed E-state index contributed by atoms with van der Waals surface area (Å²) in [5.41, 5.74) is 0.490. The quantitative estimate of drug-likeness (QED) is 0.522. The zero-order valence-electron chi connectivity index (χ0n) is 20.4. The summed E-state index contributed by atoms with van der Waals surface area (Å²) in [4.78, 5) is 37.5. The zero-order valence-corrected chi connectivity index (χ0v) is 20.4. The molecule has 2 aliphatic heterocycles. The number of alkyl halides is 3. The van der Waals surface area contributed by atoms with Gasteiger partial charge in [0, 0.05) is 51.1 Å². The Balaban J connectivity index is 0.000000505. The van der Waals surface area contributed by atoms with Crippen molar-refractivity contribution in [2.75, 3.05) is 44.3 Å². The lowest BCUT2D eigenvalue weighted by atomic mass is 9.83. The van der Waals surface area contributed by atoms with Crippen molar-refractivity contribution in [2.24, 2.45) is 5.41 Å². The molecule has 2 saturated heterocycles. The molecular weight excluding hydrogens is 518 g/mol. The van der Waals surface area contributed by atoms with Crippen LogP contribution in [0.1, 0.15) is 25.1 Å². The Morgan fingerprint density at radius 1 is 1.11 bits per heavy atom. The predicted molar refractivity (Wildman–Crippen MR) is 123 cm³/mol. The number of anilines is 1. The monoisotopic (exact) mass is 545 g/mol. The molecule has 0 spiro atoms. The number of carboxylic acids is 2. The first-order chi connectivity index (χ1) is 17.8. The molecule has 0 aliphatic carbocycles. The number of carbonyl (C=O) groups excluding carboxylic acids is 1. The van der Waals surface area contributed by atoms with Gasteiger partial charge in [-0.25, -0.2) is 13.9 Å². The summed E-state index contributed by atoms with van der Waals surface area (Å²) in [6.45, 7) is 4.77. The summed E-state index contributed by atoms with van der Waals surface area (Å²) >= 11 is 0. The minimum absolute atomic E-state index is 0.0626. The van der Waals surface area contributed by atoms with Crippen molar-refractivity contribution in [3.63, 3.8) is 0 Å². The van der Waals surface area contributed by atoms with E-state index < -0.39 is 29.6 Å². The van der Waals surface area contributed by atoms with Crippen LogP contribution in [0.5, 0.6) is 0 Å². The van der Waals surface area contributed by atoms with Crippen LogP contribution in [0.2, 0.25) is 0 Å². The van der Waals surface area contributed by atoms with Crippen LogP contribution < -0.4 is 4.90 Å². The van der Waals surface area contributed by atoms with Crippen molar-refractivity contribution >= 4 is 23.5 Å². The summed E-state index contributed by atoms with van der Waals surface area (Å²) in [6.07, 6.45) is -2.78. The van der Waals surface area contributed by atoms with Crippen molar-refractivity contribution in [3.05, 3.63) is 42.0 Å². The van der Waals surface area contributed by atoms with E-state index >= 15 is 0 Å². The normalized spacial score (nSPS) is 20.4. The molecule has 2 fully saturated rings. The third kappa shape index (κ3) is 6.96. The van der Waals surface area contributed by atoms with Gasteiger partial charge in [-0.3, -0.25) is 9.59 Å². The molecule has 1 aromatic carbocycles. The number of hydrogen-bond acceptors (Lipinski definition) is 7. The molecule has 11 nitrogen and oxygen atoms in total. The van der Waals surface area contributed by atoms with Crippen LogP contribution in [-0.2, 0) is 25.5 Å². The summed E-state index contributed by atoms with van der Waals surface area (Å²) in [7, 11) is 0. The molecule has 2 N–H and O–H groups in total. The van der Waals surface area contributed by atoms with Gasteiger partial charge in [-0.05, 0) is 37.6 Å². The highest BCUT2D eigenvalue weighted by molar-refractivity contribution is 5.80. The number of piperazine rings is 1. The second kappa shape index (κ2) is 11.8. The van der Waals surface area contributed by atoms with Gasteiger partial charge in [0.25, 0.3) is 0 Å². The van der Waals surface area contributed by atoms with E-state index in [0.717, 1.165) is 5.69 Å². The van der Waals surface area contributed by atoms with Crippen LogP contribution in [0.15, 0.2) is 30.5 Å². The maximum absolute atomic E-state index is 13.1. The number of aliphatic carboxylic acids is 2. The zero-order chi connectivity index (χ0) is 28.1. The average molecular weight is 545 g/mol. The summed E-state index contributed by atoms with van der Waals surface area (Å²) in [6, 6.07) is 5.81. The number of carboxylic acid groups (broad SMARTS) is 2. The van der Waals surface area contributed by atoms with E-state index in [0.29, 0.717) is 44.9 Å². The first-order valence-corrected chi connectivity index (χ1v) is 11.6. The molecule has 15 heteroatoms. The van der Waals surface area contributed by atoms with E-state index in [2.05, 4.69) is 15.2 Å². The number of aromatic nitrogens is 3. The van der Waals surface area contributed by atoms with Crippen LogP contribution in [-0.4, -0.2) is 93.5 Å². The van der Waals surface area contributed by atoms with E-state index in [1.54, 1.807) is 30.2 Å². The molecule has 2 atom stereocenters. The number of halogens is 4. The highest BCUT2D eigenvalue weighted by Gasteiger charge is 2.43. The molecule has 3 heterocycles. The van der Waals surface area contributed by atoms with Gasteiger partial charge >= 0.3 is 18.1 Å². The van der Waals surface area contributed by atoms with Crippen LogP contribution in [0.3, 0.4) is 0 Å². The molecule has 1 amide bonds. The minimum Gasteiger partial charge on any atom is -0.481 e. The van der Waals surface area contributed by atoms with E-state index in [4.69, 9.17) is 14.6 Å². The van der Waals surface area contributed by atoms with Crippen molar-refractivity contribution in [3.8, 4) is 0 Å². The first-order valence-electron chi connectivity index (χ1n) is 11.6. The Bertz CT molecular complexity index is 1130. The Labute approximate surface area is 214 Å². The van der Waals surface area contributed by atoms with E-state index in [9.17, 15) is 32.3 Å². The molecule has 0 radical (unpaired) electrons. The van der Waals surface area contributed by atoms with Crippen LogP contribution in [0.25, 0.3) is 0 Å². The van der Waals surface area contributed by atoms with Crippen LogP contribution in [0.4, 0.5) is 23.2 Å². The number of hydrogen-bond donors (Lipinski definition) is 2. The molecular formula is C23H27F4N5O6. The number of nitrogens with zero attached hydrogens (tertiary/aromatic N) is 5. The highest BCUT2D eigenvalue weighted by Crippen LogP contribution is 2.32. The van der Waals surface area contributed by atoms with Gasteiger partial charge in [0.05, 0.1) is 17.7 Å². The fraction of sp³-hybridized carbons (Fsp3) is 0.522. The van der Waals surface area contributed by atoms with Gasteiger partial charge in [-0.2, -0.15) is 13.2 Å². The van der Waals surface area contributed by atoms with E-state index in [1.807, 2.05) is 0 Å². The SMILES string of the molecule is CC(C(=O)N1CCN(c2ccc(F)cc2)CC1)n1cc(CC2(C(=O)O)CCOC2)nn1.O=C(O)C(F)(F)F.